The Morgan fingerprint density at radius 1 is 1.05 bits per heavy atom. The van der Waals surface area contributed by atoms with Crippen LogP contribution >= 0.6 is 0 Å². The normalized spacial score (nSPS) is 9.45. The number of aromatic nitrogens is 1. The average molecular weight is 302 g/mol. The van der Waals surface area contributed by atoms with E-state index < -0.39 is 11.9 Å². The summed E-state index contributed by atoms with van der Waals surface area (Å²) in [6, 6.07) is 9.86. The number of hydrogen-bond donors (Lipinski definition) is 1. The summed E-state index contributed by atoms with van der Waals surface area (Å²) in [6.07, 6.45) is 0. The van der Waals surface area contributed by atoms with Crippen molar-refractivity contribution in [2.45, 2.75) is 27.7 Å². The summed E-state index contributed by atoms with van der Waals surface area (Å²) in [5.74, 6) is -0.615. The molecule has 0 bridgehead atoms. The van der Waals surface area contributed by atoms with Gasteiger partial charge in [0.1, 0.15) is 5.82 Å². The molecule has 0 atom stereocenters. The van der Waals surface area contributed by atoms with Gasteiger partial charge in [0.05, 0.1) is 0 Å². The van der Waals surface area contributed by atoms with Crippen LogP contribution in [-0.4, -0.2) is 22.8 Å². The quantitative estimate of drug-likeness (QED) is 0.646. The Labute approximate surface area is 128 Å². The number of esters is 2. The third-order valence-electron chi connectivity index (χ3n) is 2.52. The van der Waals surface area contributed by atoms with Gasteiger partial charge in [-0.3, -0.25) is 14.4 Å². The molecule has 0 aliphatic carbocycles. The highest BCUT2D eigenvalue weighted by Crippen LogP contribution is 2.19. The van der Waals surface area contributed by atoms with Gasteiger partial charge in [-0.2, -0.15) is 0 Å². The fraction of sp³-hybridized carbons (Fsp3) is 0.250. The molecule has 1 N–H and O–H groups in total. The Morgan fingerprint density at radius 3 is 2.14 bits per heavy atom. The first kappa shape index (κ1) is 17.3. The Morgan fingerprint density at radius 2 is 1.64 bits per heavy atom. The Kier molecular flexibility index (Phi) is 6.19. The van der Waals surface area contributed by atoms with E-state index in [9.17, 15) is 14.4 Å². The van der Waals surface area contributed by atoms with Gasteiger partial charge >= 0.3 is 11.9 Å². The van der Waals surface area contributed by atoms with Gasteiger partial charge in [0, 0.05) is 31.9 Å². The number of rotatable bonds is 1. The van der Waals surface area contributed by atoms with Crippen LogP contribution in [0.15, 0.2) is 30.3 Å². The molecule has 1 amide bonds. The molecule has 2 rings (SSSR count). The van der Waals surface area contributed by atoms with E-state index in [-0.39, 0.29) is 5.91 Å². The third-order valence-corrected chi connectivity index (χ3v) is 2.52. The fourth-order valence-corrected chi connectivity index (χ4v) is 1.82. The van der Waals surface area contributed by atoms with Crippen LogP contribution in [0.5, 0.6) is 0 Å². The molecular formula is C16H18N2O4. The molecule has 0 aliphatic heterocycles. The summed E-state index contributed by atoms with van der Waals surface area (Å²) in [4.78, 5) is 34.8. The molecule has 0 fully saturated rings. The number of pyridine rings is 1. The van der Waals surface area contributed by atoms with Crippen LogP contribution in [0.25, 0.3) is 10.8 Å². The molecule has 0 aliphatic rings. The molecular weight excluding hydrogens is 284 g/mol. The van der Waals surface area contributed by atoms with Crippen molar-refractivity contribution >= 4 is 34.4 Å². The van der Waals surface area contributed by atoms with Crippen molar-refractivity contribution in [2.24, 2.45) is 0 Å². The second-order valence-electron chi connectivity index (χ2n) is 4.58. The van der Waals surface area contributed by atoms with Crippen LogP contribution in [-0.2, 0) is 19.1 Å². The Balaban J connectivity index is 0.000000295. The molecule has 1 aromatic carbocycles. The molecule has 1 aromatic heterocycles. The van der Waals surface area contributed by atoms with Gasteiger partial charge in [-0.05, 0) is 18.4 Å². The smallest absolute Gasteiger partial charge is 0.310 e. The van der Waals surface area contributed by atoms with Crippen LogP contribution in [0, 0.1) is 6.92 Å². The van der Waals surface area contributed by atoms with Crippen molar-refractivity contribution in [3.63, 3.8) is 0 Å². The SMILES string of the molecule is CC(=O)Nc1cc2ccccc2c(C)n1.CC(=O)OC(C)=O. The fourth-order valence-electron chi connectivity index (χ4n) is 1.82. The number of benzene rings is 1. The van der Waals surface area contributed by atoms with Crippen molar-refractivity contribution in [3.8, 4) is 0 Å². The van der Waals surface area contributed by atoms with Crippen molar-refractivity contribution in [1.82, 2.24) is 4.98 Å². The molecule has 116 valence electrons. The van der Waals surface area contributed by atoms with E-state index in [1.54, 1.807) is 0 Å². The molecule has 0 spiro atoms. The monoisotopic (exact) mass is 302 g/mol. The second-order valence-corrected chi connectivity index (χ2v) is 4.58. The topological polar surface area (TPSA) is 85.4 Å². The lowest BCUT2D eigenvalue weighted by atomic mass is 10.1. The maximum absolute atomic E-state index is 10.9. The van der Waals surface area contributed by atoms with Gasteiger partial charge < -0.3 is 10.1 Å². The number of nitrogens with zero attached hydrogens (tertiary/aromatic N) is 1. The highest BCUT2D eigenvalue weighted by atomic mass is 16.6. The van der Waals surface area contributed by atoms with Crippen LogP contribution in [0.1, 0.15) is 26.5 Å². The van der Waals surface area contributed by atoms with E-state index in [1.165, 1.54) is 20.8 Å². The van der Waals surface area contributed by atoms with Crippen molar-refractivity contribution in [1.29, 1.82) is 0 Å². The third kappa shape index (κ3) is 5.70. The zero-order valence-electron chi connectivity index (χ0n) is 13.0. The Hall–Kier alpha value is -2.76. The predicted molar refractivity (Wildman–Crippen MR) is 83.2 cm³/mol. The van der Waals surface area contributed by atoms with E-state index >= 15 is 0 Å². The maximum atomic E-state index is 10.9. The lowest BCUT2D eigenvalue weighted by Crippen LogP contribution is -2.07. The van der Waals surface area contributed by atoms with E-state index in [4.69, 9.17) is 0 Å². The molecule has 0 saturated carbocycles. The highest BCUT2D eigenvalue weighted by molar-refractivity contribution is 5.92. The molecule has 0 saturated heterocycles. The number of amides is 1. The average Bonchev–Trinajstić information content (AvgIpc) is 2.37. The zero-order chi connectivity index (χ0) is 16.7. The summed E-state index contributed by atoms with van der Waals surface area (Å²) < 4.78 is 3.97. The summed E-state index contributed by atoms with van der Waals surface area (Å²) in [5.41, 5.74) is 0.928. The minimum Gasteiger partial charge on any atom is -0.394 e. The molecule has 0 radical (unpaired) electrons. The van der Waals surface area contributed by atoms with Crippen LogP contribution < -0.4 is 5.32 Å². The first-order chi connectivity index (χ1) is 10.3. The minimum absolute atomic E-state index is 0.0998. The number of ether oxygens (including phenoxy) is 1. The highest BCUT2D eigenvalue weighted by Gasteiger charge is 2.02. The van der Waals surface area contributed by atoms with Gasteiger partial charge in [-0.25, -0.2) is 4.98 Å². The number of carbonyl (C=O) groups is 3. The van der Waals surface area contributed by atoms with Gasteiger partial charge in [0.2, 0.25) is 5.91 Å². The van der Waals surface area contributed by atoms with Crippen molar-refractivity contribution < 1.29 is 19.1 Å². The summed E-state index contributed by atoms with van der Waals surface area (Å²) in [6.45, 7) is 5.78. The lowest BCUT2D eigenvalue weighted by Gasteiger charge is -2.06. The molecule has 6 nitrogen and oxygen atoms in total. The molecule has 2 aromatic rings. The van der Waals surface area contributed by atoms with E-state index in [0.29, 0.717) is 5.82 Å². The van der Waals surface area contributed by atoms with E-state index in [0.717, 1.165) is 16.5 Å². The first-order valence-corrected chi connectivity index (χ1v) is 6.62. The minimum atomic E-state index is -0.562. The molecule has 1 heterocycles. The van der Waals surface area contributed by atoms with Crippen molar-refractivity contribution in [3.05, 3.63) is 36.0 Å². The van der Waals surface area contributed by atoms with Gasteiger partial charge in [-0.1, -0.05) is 24.3 Å². The van der Waals surface area contributed by atoms with Gasteiger partial charge in [0.15, 0.2) is 0 Å². The number of hydrogen-bond acceptors (Lipinski definition) is 5. The lowest BCUT2D eigenvalue weighted by molar-refractivity contribution is -0.156. The van der Waals surface area contributed by atoms with Crippen LogP contribution in [0.4, 0.5) is 5.82 Å². The van der Waals surface area contributed by atoms with E-state index in [2.05, 4.69) is 15.0 Å². The standard InChI is InChI=1S/C12H12N2O.C4H6O3/c1-8-11-6-4-3-5-10(11)7-12(13-8)14-9(2)15;1-3(5)7-4(2)6/h3-7H,1-2H3,(H,13,14,15);1-2H3. The summed E-state index contributed by atoms with van der Waals surface area (Å²) in [5, 5.41) is 4.90. The molecule has 22 heavy (non-hydrogen) atoms. The second kappa shape index (κ2) is 7.87. The van der Waals surface area contributed by atoms with Crippen LogP contribution in [0.3, 0.4) is 0 Å². The number of carbonyl (C=O) groups excluding carboxylic acids is 3. The predicted octanol–water partition coefficient (Wildman–Crippen LogP) is 2.60. The zero-order valence-corrected chi connectivity index (χ0v) is 13.0. The number of fused-ring (bicyclic) bond motifs is 1. The largest absolute Gasteiger partial charge is 0.394 e. The van der Waals surface area contributed by atoms with Crippen molar-refractivity contribution in [2.75, 3.05) is 5.32 Å². The Bertz CT molecular complexity index is 698. The summed E-state index contributed by atoms with van der Waals surface area (Å²) >= 11 is 0. The number of anilines is 1. The van der Waals surface area contributed by atoms with Crippen LogP contribution in [0.2, 0.25) is 0 Å². The maximum Gasteiger partial charge on any atom is 0.310 e. The number of nitrogens with one attached hydrogen (secondary N) is 1. The van der Waals surface area contributed by atoms with E-state index in [1.807, 2.05) is 37.3 Å². The number of aryl methyl sites for hydroxylation is 1. The van der Waals surface area contributed by atoms with Gasteiger partial charge in [0.25, 0.3) is 0 Å². The molecule has 0 unspecified atom stereocenters. The first-order valence-electron chi connectivity index (χ1n) is 6.62. The molecule has 6 heteroatoms. The van der Waals surface area contributed by atoms with Gasteiger partial charge in [-0.15, -0.1) is 0 Å². The summed E-state index contributed by atoms with van der Waals surface area (Å²) in [7, 11) is 0.